The van der Waals surface area contributed by atoms with Crippen molar-refractivity contribution in [1.29, 1.82) is 0 Å². The second kappa shape index (κ2) is 8.67. The molecule has 1 aromatic carbocycles. The summed E-state index contributed by atoms with van der Waals surface area (Å²) in [5.74, 6) is -1.26. The average Bonchev–Trinajstić information content (AvgIpc) is 2.54. The molecule has 124 valence electrons. The van der Waals surface area contributed by atoms with Crippen molar-refractivity contribution in [2.24, 2.45) is 0 Å². The Balaban J connectivity index is 1.70. The minimum absolute atomic E-state index is 0.113. The van der Waals surface area contributed by atoms with E-state index >= 15 is 0 Å². The number of carbonyl (C=O) groups is 3. The number of rotatable bonds is 4. The van der Waals surface area contributed by atoms with Gasteiger partial charge in [0.1, 0.15) is 0 Å². The van der Waals surface area contributed by atoms with Crippen LogP contribution in [0.25, 0.3) is 0 Å². The van der Waals surface area contributed by atoms with E-state index in [4.69, 9.17) is 4.74 Å². The number of amides is 3. The maximum absolute atomic E-state index is 11.7. The summed E-state index contributed by atoms with van der Waals surface area (Å²) < 4.78 is 5.71. The molecule has 0 radical (unpaired) electrons. The standard InChI is InChI=1S/C16H19BrN2O4/c17-12-8-6-11(7-9-12)15(21)23-10-14(20)19-16(22)18-13-4-2-1-3-5-13/h6-9,13H,1-5,10H2,(H2,18,19,20,22). The summed E-state index contributed by atoms with van der Waals surface area (Å²) in [7, 11) is 0. The fraction of sp³-hybridized carbons (Fsp3) is 0.438. The zero-order chi connectivity index (χ0) is 16.7. The fourth-order valence-corrected chi connectivity index (χ4v) is 2.70. The van der Waals surface area contributed by atoms with E-state index in [1.54, 1.807) is 24.3 Å². The molecule has 6 nitrogen and oxygen atoms in total. The maximum atomic E-state index is 11.7. The van der Waals surface area contributed by atoms with E-state index in [9.17, 15) is 14.4 Å². The largest absolute Gasteiger partial charge is 0.452 e. The smallest absolute Gasteiger partial charge is 0.338 e. The van der Waals surface area contributed by atoms with Crippen molar-refractivity contribution in [3.05, 3.63) is 34.3 Å². The number of ether oxygens (including phenoxy) is 1. The van der Waals surface area contributed by atoms with E-state index in [0.29, 0.717) is 5.56 Å². The average molecular weight is 383 g/mol. The molecule has 1 aliphatic carbocycles. The Labute approximate surface area is 143 Å². The van der Waals surface area contributed by atoms with Crippen molar-refractivity contribution >= 4 is 33.8 Å². The van der Waals surface area contributed by atoms with E-state index in [1.807, 2.05) is 0 Å². The van der Waals surface area contributed by atoms with Gasteiger partial charge in [-0.3, -0.25) is 10.1 Å². The summed E-state index contributed by atoms with van der Waals surface area (Å²) in [5.41, 5.74) is 0.340. The number of benzene rings is 1. The lowest BCUT2D eigenvalue weighted by atomic mass is 9.96. The molecule has 0 saturated heterocycles. The van der Waals surface area contributed by atoms with Gasteiger partial charge in [-0.05, 0) is 37.1 Å². The van der Waals surface area contributed by atoms with Gasteiger partial charge >= 0.3 is 12.0 Å². The first-order chi connectivity index (χ1) is 11.0. The van der Waals surface area contributed by atoms with Crippen molar-refractivity contribution < 1.29 is 19.1 Å². The summed E-state index contributed by atoms with van der Waals surface area (Å²) in [5, 5.41) is 4.93. The Morgan fingerprint density at radius 3 is 2.39 bits per heavy atom. The highest BCUT2D eigenvalue weighted by Gasteiger charge is 2.17. The number of nitrogens with one attached hydrogen (secondary N) is 2. The van der Waals surface area contributed by atoms with Gasteiger partial charge in [0.25, 0.3) is 5.91 Å². The third-order valence-corrected chi connectivity index (χ3v) is 4.14. The molecule has 23 heavy (non-hydrogen) atoms. The van der Waals surface area contributed by atoms with Gasteiger partial charge in [-0.2, -0.15) is 0 Å². The molecule has 2 rings (SSSR count). The molecule has 0 atom stereocenters. The second-order valence-electron chi connectivity index (χ2n) is 5.44. The monoisotopic (exact) mass is 382 g/mol. The minimum Gasteiger partial charge on any atom is -0.452 e. The molecule has 1 aliphatic rings. The minimum atomic E-state index is -0.649. The summed E-state index contributed by atoms with van der Waals surface area (Å²) in [6, 6.07) is 6.14. The van der Waals surface area contributed by atoms with Crippen molar-refractivity contribution in [3.63, 3.8) is 0 Å². The van der Waals surface area contributed by atoms with Crippen molar-refractivity contribution in [2.45, 2.75) is 38.1 Å². The molecule has 0 aromatic heterocycles. The van der Waals surface area contributed by atoms with Gasteiger partial charge in [0.2, 0.25) is 0 Å². The Morgan fingerprint density at radius 2 is 1.74 bits per heavy atom. The number of imide groups is 1. The van der Waals surface area contributed by atoms with Crippen LogP contribution >= 0.6 is 15.9 Å². The Hall–Kier alpha value is -1.89. The quantitative estimate of drug-likeness (QED) is 0.784. The van der Waals surface area contributed by atoms with E-state index in [1.165, 1.54) is 6.42 Å². The lowest BCUT2D eigenvalue weighted by Crippen LogP contribution is -2.46. The van der Waals surface area contributed by atoms with Gasteiger partial charge in [-0.25, -0.2) is 9.59 Å². The van der Waals surface area contributed by atoms with Crippen LogP contribution < -0.4 is 10.6 Å². The van der Waals surface area contributed by atoms with Crippen LogP contribution in [0.15, 0.2) is 28.7 Å². The summed E-state index contributed by atoms with van der Waals surface area (Å²) in [6.07, 6.45) is 5.22. The SMILES string of the molecule is O=C(COC(=O)c1ccc(Br)cc1)NC(=O)NC1CCCCC1. The second-order valence-corrected chi connectivity index (χ2v) is 6.36. The molecule has 3 amide bonds. The number of urea groups is 1. The zero-order valence-corrected chi connectivity index (χ0v) is 14.2. The molecule has 1 aromatic rings. The predicted octanol–water partition coefficient (Wildman–Crippen LogP) is 2.76. The first-order valence-electron chi connectivity index (χ1n) is 7.57. The van der Waals surface area contributed by atoms with Gasteiger partial charge in [0, 0.05) is 10.5 Å². The van der Waals surface area contributed by atoms with Crippen LogP contribution in [0.2, 0.25) is 0 Å². The topological polar surface area (TPSA) is 84.5 Å². The van der Waals surface area contributed by atoms with Gasteiger partial charge in [0.15, 0.2) is 6.61 Å². The van der Waals surface area contributed by atoms with Gasteiger partial charge < -0.3 is 10.1 Å². The number of carbonyl (C=O) groups excluding carboxylic acids is 3. The zero-order valence-electron chi connectivity index (χ0n) is 12.6. The lowest BCUT2D eigenvalue weighted by molar-refractivity contribution is -0.123. The highest BCUT2D eigenvalue weighted by atomic mass is 79.9. The van der Waals surface area contributed by atoms with Crippen molar-refractivity contribution in [1.82, 2.24) is 10.6 Å². The number of esters is 1. The Kier molecular flexibility index (Phi) is 6.58. The van der Waals surface area contributed by atoms with Crippen LogP contribution in [0.3, 0.4) is 0 Å². The van der Waals surface area contributed by atoms with E-state index in [0.717, 1.165) is 30.2 Å². The summed E-state index contributed by atoms with van der Waals surface area (Å²) >= 11 is 3.26. The molecular weight excluding hydrogens is 364 g/mol. The molecule has 2 N–H and O–H groups in total. The first kappa shape index (κ1) is 17.5. The molecule has 1 saturated carbocycles. The number of hydrogen-bond donors (Lipinski definition) is 2. The maximum Gasteiger partial charge on any atom is 0.338 e. The van der Waals surface area contributed by atoms with Gasteiger partial charge in [0.05, 0.1) is 5.56 Å². The van der Waals surface area contributed by atoms with E-state index < -0.39 is 24.5 Å². The van der Waals surface area contributed by atoms with Gasteiger partial charge in [-0.1, -0.05) is 35.2 Å². The van der Waals surface area contributed by atoms with Crippen LogP contribution in [0, 0.1) is 0 Å². The first-order valence-corrected chi connectivity index (χ1v) is 8.37. The third kappa shape index (κ3) is 6.02. The molecule has 7 heteroatoms. The molecule has 0 unspecified atom stereocenters. The molecular formula is C16H19BrN2O4. The molecule has 1 fully saturated rings. The summed E-state index contributed by atoms with van der Waals surface area (Å²) in [6.45, 7) is -0.493. The van der Waals surface area contributed by atoms with Crippen molar-refractivity contribution in [2.75, 3.05) is 6.61 Å². The number of halogens is 1. The molecule has 0 aliphatic heterocycles. The predicted molar refractivity (Wildman–Crippen MR) is 88.0 cm³/mol. The van der Waals surface area contributed by atoms with E-state index in [-0.39, 0.29) is 6.04 Å². The normalized spacial score (nSPS) is 14.8. The van der Waals surface area contributed by atoms with Crippen LogP contribution in [0.4, 0.5) is 4.79 Å². The fourth-order valence-electron chi connectivity index (χ4n) is 2.43. The number of hydrogen-bond acceptors (Lipinski definition) is 4. The summed E-state index contributed by atoms with van der Waals surface area (Å²) in [4.78, 5) is 35.1. The van der Waals surface area contributed by atoms with E-state index in [2.05, 4.69) is 26.6 Å². The third-order valence-electron chi connectivity index (χ3n) is 3.61. The van der Waals surface area contributed by atoms with Crippen LogP contribution in [-0.2, 0) is 9.53 Å². The highest BCUT2D eigenvalue weighted by Crippen LogP contribution is 2.17. The van der Waals surface area contributed by atoms with Crippen LogP contribution in [-0.4, -0.2) is 30.6 Å². The molecule has 0 spiro atoms. The highest BCUT2D eigenvalue weighted by molar-refractivity contribution is 9.10. The Bertz CT molecular complexity index is 568. The van der Waals surface area contributed by atoms with Gasteiger partial charge in [-0.15, -0.1) is 0 Å². The Morgan fingerprint density at radius 1 is 1.09 bits per heavy atom. The molecule has 0 heterocycles. The lowest BCUT2D eigenvalue weighted by Gasteiger charge is -2.22. The van der Waals surface area contributed by atoms with Crippen molar-refractivity contribution in [3.8, 4) is 0 Å². The molecule has 0 bridgehead atoms. The van der Waals surface area contributed by atoms with Crippen LogP contribution in [0.1, 0.15) is 42.5 Å². The van der Waals surface area contributed by atoms with Crippen LogP contribution in [0.5, 0.6) is 0 Å².